The molecule has 8 nitrogen and oxygen atoms in total. The number of carbonyl (C=O) groups excluding carboxylic acids is 1. The molecule has 1 aromatic carbocycles. The van der Waals surface area contributed by atoms with Gasteiger partial charge in [-0.3, -0.25) is 0 Å². The summed E-state index contributed by atoms with van der Waals surface area (Å²) in [7, 11) is -3.66. The Kier molecular flexibility index (Phi) is 5.70. The third-order valence-corrected chi connectivity index (χ3v) is 7.51. The van der Waals surface area contributed by atoms with Gasteiger partial charge in [0.1, 0.15) is 4.88 Å². The number of anilines is 1. The summed E-state index contributed by atoms with van der Waals surface area (Å²) < 4.78 is 26.9. The summed E-state index contributed by atoms with van der Waals surface area (Å²) in [5.41, 5.74) is 0. The van der Waals surface area contributed by atoms with E-state index in [0.717, 1.165) is 11.3 Å². The number of carbonyl (C=O) groups is 1. The lowest BCUT2D eigenvalue weighted by molar-refractivity contribution is 0.0509. The number of halogens is 2. The molecule has 0 spiro atoms. The Morgan fingerprint density at radius 1 is 1.19 bits per heavy atom. The number of nitrogens with zero attached hydrogens (tertiary/aromatic N) is 3. The highest BCUT2D eigenvalue weighted by atomic mass is 35.5. The lowest BCUT2D eigenvalue weighted by atomic mass is 10.4. The van der Waals surface area contributed by atoms with Crippen LogP contribution in [0.15, 0.2) is 29.3 Å². The Balaban J connectivity index is 1.70. The quantitative estimate of drug-likeness (QED) is 0.730. The Hall–Kier alpha value is -1.43. The van der Waals surface area contributed by atoms with Crippen molar-refractivity contribution in [3.8, 4) is 0 Å². The summed E-state index contributed by atoms with van der Waals surface area (Å²) in [4.78, 5) is 22.0. The largest absolute Gasteiger partial charge is 0.369 e. The normalized spacial score (nSPS) is 15.9. The van der Waals surface area contributed by atoms with E-state index in [-0.39, 0.29) is 27.9 Å². The predicted octanol–water partition coefficient (Wildman–Crippen LogP) is 1.99. The lowest BCUT2D eigenvalue weighted by Gasteiger charge is -2.33. The van der Waals surface area contributed by atoms with Crippen LogP contribution in [0.5, 0.6) is 0 Å². The molecule has 0 aliphatic carbocycles. The summed E-state index contributed by atoms with van der Waals surface area (Å²) in [5.74, 6) is 4.20. The number of benzene rings is 1. The molecule has 2 aromatic rings. The van der Waals surface area contributed by atoms with Gasteiger partial charge in [0.15, 0.2) is 5.13 Å². The second kappa shape index (κ2) is 7.67. The second-order valence-corrected chi connectivity index (χ2v) is 9.14. The molecular formula is C14H14Cl2N4O4S2. The van der Waals surface area contributed by atoms with Gasteiger partial charge in [-0.05, 0) is 18.2 Å². The van der Waals surface area contributed by atoms with Gasteiger partial charge in [0, 0.05) is 26.2 Å². The fourth-order valence-electron chi connectivity index (χ4n) is 2.47. The summed E-state index contributed by atoms with van der Waals surface area (Å²) in [6.07, 6.45) is 1.38. The van der Waals surface area contributed by atoms with Crippen molar-refractivity contribution in [2.45, 2.75) is 4.90 Å². The van der Waals surface area contributed by atoms with Crippen molar-refractivity contribution >= 4 is 55.7 Å². The van der Waals surface area contributed by atoms with Crippen LogP contribution in [0.4, 0.5) is 5.13 Å². The van der Waals surface area contributed by atoms with Crippen molar-refractivity contribution < 1.29 is 18.0 Å². The van der Waals surface area contributed by atoms with Crippen LogP contribution >= 0.6 is 34.5 Å². The first-order valence-corrected chi connectivity index (χ1v) is 10.4. The number of rotatable bonds is 4. The van der Waals surface area contributed by atoms with Gasteiger partial charge in [0.25, 0.3) is 0 Å². The van der Waals surface area contributed by atoms with Crippen LogP contribution < -0.4 is 10.8 Å². The van der Waals surface area contributed by atoms with Crippen LogP contribution in [0.1, 0.15) is 9.67 Å². The number of thiazole rings is 1. The number of nitrogens with two attached hydrogens (primary N) is 1. The Bertz CT molecular complexity index is 927. The summed E-state index contributed by atoms with van der Waals surface area (Å²) >= 11 is 12.9. The van der Waals surface area contributed by atoms with Crippen LogP contribution in [0.2, 0.25) is 10.0 Å². The minimum atomic E-state index is -3.66. The molecule has 0 radical (unpaired) electrons. The van der Waals surface area contributed by atoms with Crippen LogP contribution in [-0.4, -0.2) is 49.9 Å². The molecule has 26 heavy (non-hydrogen) atoms. The van der Waals surface area contributed by atoms with Gasteiger partial charge in [0.2, 0.25) is 10.0 Å². The first-order chi connectivity index (χ1) is 12.3. The molecule has 0 unspecified atom stereocenters. The number of piperazine rings is 1. The molecule has 140 valence electrons. The topological polar surface area (TPSA) is 106 Å². The molecule has 0 saturated carbocycles. The molecule has 0 bridgehead atoms. The highest BCUT2D eigenvalue weighted by Gasteiger charge is 2.30. The third kappa shape index (κ3) is 3.80. The molecule has 3 rings (SSSR count). The van der Waals surface area contributed by atoms with E-state index >= 15 is 0 Å². The zero-order valence-corrected chi connectivity index (χ0v) is 16.4. The zero-order valence-electron chi connectivity index (χ0n) is 13.3. The van der Waals surface area contributed by atoms with Crippen molar-refractivity contribution in [3.05, 3.63) is 39.3 Å². The number of sulfonamides is 1. The monoisotopic (exact) mass is 436 g/mol. The lowest BCUT2D eigenvalue weighted by Crippen LogP contribution is -2.48. The highest BCUT2D eigenvalue weighted by Crippen LogP contribution is 2.28. The molecule has 1 aliphatic heterocycles. The smallest absolute Gasteiger partial charge is 0.368 e. The molecule has 1 aromatic heterocycles. The highest BCUT2D eigenvalue weighted by molar-refractivity contribution is 7.89. The molecular weight excluding hydrogens is 423 g/mol. The first-order valence-electron chi connectivity index (χ1n) is 7.40. The molecule has 0 atom stereocenters. The Morgan fingerprint density at radius 2 is 1.88 bits per heavy atom. The maximum Gasteiger partial charge on any atom is 0.368 e. The number of hydrogen-bond acceptors (Lipinski definition) is 8. The summed E-state index contributed by atoms with van der Waals surface area (Å²) in [5, 5.41) is 1.09. The van der Waals surface area contributed by atoms with Crippen molar-refractivity contribution in [1.29, 1.82) is 0 Å². The van der Waals surface area contributed by atoms with E-state index in [1.807, 2.05) is 4.90 Å². The SMILES string of the molecule is NOC(=O)c1cnc(N2CCN(S(=O)(=O)c3ccc(Cl)c(Cl)c3)CC2)s1. The molecule has 2 N–H and O–H groups in total. The van der Waals surface area contributed by atoms with E-state index in [9.17, 15) is 13.2 Å². The molecule has 12 heteroatoms. The summed E-state index contributed by atoms with van der Waals surface area (Å²) in [6.45, 7) is 1.42. The Labute approximate surface area is 164 Å². The van der Waals surface area contributed by atoms with Gasteiger partial charge in [-0.25, -0.2) is 18.2 Å². The van der Waals surface area contributed by atoms with Crippen LogP contribution in [0.3, 0.4) is 0 Å². The minimum Gasteiger partial charge on any atom is -0.369 e. The fourth-order valence-corrected chi connectivity index (χ4v) is 5.13. The third-order valence-electron chi connectivity index (χ3n) is 3.84. The maximum atomic E-state index is 12.7. The van der Waals surface area contributed by atoms with E-state index in [2.05, 4.69) is 9.82 Å². The maximum absolute atomic E-state index is 12.7. The molecule has 1 fully saturated rings. The fraction of sp³-hybridized carbons (Fsp3) is 0.286. The first kappa shape index (κ1) is 19.3. The van der Waals surface area contributed by atoms with E-state index in [1.165, 1.54) is 28.7 Å². The predicted molar refractivity (Wildman–Crippen MR) is 99.2 cm³/mol. The molecule has 1 aliphatic rings. The zero-order chi connectivity index (χ0) is 18.9. The van der Waals surface area contributed by atoms with Gasteiger partial charge in [-0.1, -0.05) is 34.5 Å². The average molecular weight is 437 g/mol. The molecule has 2 heterocycles. The van der Waals surface area contributed by atoms with Crippen LogP contribution in [0.25, 0.3) is 0 Å². The number of aromatic nitrogens is 1. The van der Waals surface area contributed by atoms with E-state index < -0.39 is 16.0 Å². The second-order valence-electron chi connectivity index (χ2n) is 5.38. The molecule has 0 amide bonds. The van der Waals surface area contributed by atoms with Crippen molar-refractivity contribution in [1.82, 2.24) is 9.29 Å². The van der Waals surface area contributed by atoms with E-state index in [0.29, 0.717) is 23.2 Å². The number of hydrogen-bond donors (Lipinski definition) is 1. The van der Waals surface area contributed by atoms with Crippen LogP contribution in [-0.2, 0) is 14.9 Å². The Morgan fingerprint density at radius 3 is 2.50 bits per heavy atom. The van der Waals surface area contributed by atoms with Gasteiger partial charge in [0.05, 0.1) is 21.1 Å². The van der Waals surface area contributed by atoms with Crippen LogP contribution in [0, 0.1) is 0 Å². The van der Waals surface area contributed by atoms with Gasteiger partial charge < -0.3 is 9.74 Å². The van der Waals surface area contributed by atoms with Crippen molar-refractivity contribution in [3.63, 3.8) is 0 Å². The molecule has 1 saturated heterocycles. The van der Waals surface area contributed by atoms with Crippen molar-refractivity contribution in [2.24, 2.45) is 5.90 Å². The minimum absolute atomic E-state index is 0.0996. The van der Waals surface area contributed by atoms with Crippen molar-refractivity contribution in [2.75, 3.05) is 31.1 Å². The standard InChI is InChI=1S/C14H14Cl2N4O4S2/c15-10-2-1-9(7-11(10)16)26(22,23)20-5-3-19(4-6-20)14-18-8-12(25-14)13(21)24-17/h1-2,7-8H,3-6,17H2. The summed E-state index contributed by atoms with van der Waals surface area (Å²) in [6, 6.07) is 4.24. The van der Waals surface area contributed by atoms with Gasteiger partial charge in [-0.15, -0.1) is 0 Å². The van der Waals surface area contributed by atoms with E-state index in [4.69, 9.17) is 29.1 Å². The average Bonchev–Trinajstić information content (AvgIpc) is 3.13. The van der Waals surface area contributed by atoms with Gasteiger partial charge >= 0.3 is 5.97 Å². The van der Waals surface area contributed by atoms with Gasteiger partial charge in [-0.2, -0.15) is 10.2 Å². The van der Waals surface area contributed by atoms with E-state index in [1.54, 1.807) is 0 Å².